The van der Waals surface area contributed by atoms with Crippen LogP contribution in [0.15, 0.2) is 48.5 Å². The molecule has 0 atom stereocenters. The number of hydrogen-bond donors (Lipinski definition) is 2. The number of aromatic nitrogens is 3. The summed E-state index contributed by atoms with van der Waals surface area (Å²) in [6.45, 7) is 9.25. The Morgan fingerprint density at radius 2 is 1.80 bits per heavy atom. The van der Waals surface area contributed by atoms with Crippen LogP contribution in [-0.2, 0) is 24.4 Å². The van der Waals surface area contributed by atoms with E-state index in [1.165, 1.54) is 31.5 Å². The van der Waals surface area contributed by atoms with Crippen LogP contribution in [0.4, 0.5) is 0 Å². The van der Waals surface area contributed by atoms with E-state index in [0.717, 1.165) is 29.3 Å². The predicted octanol–water partition coefficient (Wildman–Crippen LogP) is 4.94. The largest absolute Gasteiger partial charge is 0.494 e. The molecule has 1 saturated heterocycles. The van der Waals surface area contributed by atoms with Gasteiger partial charge in [0.15, 0.2) is 10.6 Å². The summed E-state index contributed by atoms with van der Waals surface area (Å²) in [6, 6.07) is 16.3. The van der Waals surface area contributed by atoms with Crippen molar-refractivity contribution in [3.63, 3.8) is 0 Å². The maximum absolute atomic E-state index is 12.5. The lowest BCUT2D eigenvalue weighted by atomic mass is 9.99. The van der Waals surface area contributed by atoms with Crippen molar-refractivity contribution in [3.8, 4) is 17.1 Å². The van der Waals surface area contributed by atoms with Gasteiger partial charge in [0.05, 0.1) is 6.61 Å². The highest BCUT2D eigenvalue weighted by atomic mass is 32.1. The van der Waals surface area contributed by atoms with Gasteiger partial charge in [-0.05, 0) is 86.4 Å². The molecule has 0 aliphatic carbocycles. The molecule has 0 spiro atoms. The first kappa shape index (κ1) is 25.1. The molecule has 186 valence electrons. The summed E-state index contributed by atoms with van der Waals surface area (Å²) < 4.78 is 7.87. The molecule has 1 amide bonds. The second-order valence-corrected chi connectivity index (χ2v) is 9.65. The van der Waals surface area contributed by atoms with Crippen LogP contribution < -0.4 is 10.1 Å². The van der Waals surface area contributed by atoms with Gasteiger partial charge in [0.1, 0.15) is 5.75 Å². The molecule has 7 nitrogen and oxygen atoms in total. The monoisotopic (exact) mass is 493 g/mol. The summed E-state index contributed by atoms with van der Waals surface area (Å²) in [5.41, 5.74) is 3.34. The summed E-state index contributed by atoms with van der Waals surface area (Å²) in [5.74, 6) is 2.35. The number of carbonyl (C=O) groups is 1. The fraction of sp³-hybridized carbons (Fsp3) is 0.444. The first-order valence-corrected chi connectivity index (χ1v) is 12.9. The molecule has 1 aliphatic rings. The van der Waals surface area contributed by atoms with Gasteiger partial charge in [-0.15, -0.1) is 0 Å². The molecule has 1 aromatic heterocycles. The van der Waals surface area contributed by atoms with Crippen LogP contribution in [0.5, 0.6) is 5.75 Å². The second kappa shape index (κ2) is 12.1. The Hall–Kier alpha value is -2.97. The Morgan fingerprint density at radius 3 is 2.49 bits per heavy atom. The van der Waals surface area contributed by atoms with Gasteiger partial charge < -0.3 is 10.1 Å². The van der Waals surface area contributed by atoms with Crippen LogP contribution in [0, 0.1) is 10.7 Å². The van der Waals surface area contributed by atoms with Crippen LogP contribution >= 0.6 is 12.2 Å². The minimum atomic E-state index is -0.0164. The van der Waals surface area contributed by atoms with Gasteiger partial charge >= 0.3 is 0 Å². The lowest BCUT2D eigenvalue weighted by Crippen LogP contribution is -2.32. The summed E-state index contributed by atoms with van der Waals surface area (Å²) in [4.78, 5) is 15.1. The van der Waals surface area contributed by atoms with Gasteiger partial charge in [0, 0.05) is 31.6 Å². The van der Waals surface area contributed by atoms with Crippen molar-refractivity contribution >= 4 is 18.1 Å². The van der Waals surface area contributed by atoms with Crippen LogP contribution in [0.25, 0.3) is 11.4 Å². The average molecular weight is 494 g/mol. The fourth-order valence-corrected chi connectivity index (χ4v) is 4.58. The Kier molecular flexibility index (Phi) is 8.71. The molecule has 35 heavy (non-hydrogen) atoms. The van der Waals surface area contributed by atoms with Gasteiger partial charge in [-0.1, -0.05) is 31.2 Å². The van der Waals surface area contributed by atoms with Gasteiger partial charge in [0.25, 0.3) is 0 Å². The maximum atomic E-state index is 12.5. The first-order chi connectivity index (χ1) is 17.0. The Morgan fingerprint density at radius 1 is 1.11 bits per heavy atom. The lowest BCUT2D eigenvalue weighted by molar-refractivity contribution is -0.121. The molecular weight excluding hydrogens is 458 g/mol. The van der Waals surface area contributed by atoms with Crippen LogP contribution in [0.2, 0.25) is 0 Å². The van der Waals surface area contributed by atoms with E-state index in [9.17, 15) is 4.79 Å². The van der Waals surface area contributed by atoms with Crippen molar-refractivity contribution in [2.45, 2.75) is 52.7 Å². The Labute approximate surface area is 212 Å². The standard InChI is InChI=1S/C27H35N5O2S/c1-3-34-24-10-8-23(9-11-24)26-29-30-27(35)32(26)17-14-25(33)28-18-21-4-6-22(7-5-21)19-31-15-12-20(2)13-16-31/h4-11,20H,3,12-19H2,1-2H3,(H,28,33)(H,30,35). The molecule has 2 N–H and O–H groups in total. The number of amides is 1. The zero-order chi connectivity index (χ0) is 24.6. The maximum Gasteiger partial charge on any atom is 0.222 e. The van der Waals surface area contributed by atoms with E-state index in [1.807, 2.05) is 35.8 Å². The number of nitrogens with zero attached hydrogens (tertiary/aromatic N) is 3. The van der Waals surface area contributed by atoms with Gasteiger partial charge in [0.2, 0.25) is 5.91 Å². The molecule has 1 fully saturated rings. The van der Waals surface area contributed by atoms with Gasteiger partial charge in [-0.2, -0.15) is 5.10 Å². The van der Waals surface area contributed by atoms with E-state index in [2.05, 4.69) is 51.6 Å². The van der Waals surface area contributed by atoms with E-state index in [4.69, 9.17) is 17.0 Å². The number of likely N-dealkylation sites (tertiary alicyclic amines) is 1. The third kappa shape index (κ3) is 7.02. The molecule has 0 radical (unpaired) electrons. The number of piperidine rings is 1. The summed E-state index contributed by atoms with van der Waals surface area (Å²) >= 11 is 5.39. The minimum absolute atomic E-state index is 0.0164. The van der Waals surface area contributed by atoms with E-state index in [0.29, 0.717) is 36.7 Å². The summed E-state index contributed by atoms with van der Waals surface area (Å²) in [5, 5.41) is 10.2. The molecule has 2 heterocycles. The van der Waals surface area contributed by atoms with Crippen LogP contribution in [-0.4, -0.2) is 45.3 Å². The molecule has 1 aliphatic heterocycles. The Balaban J connectivity index is 1.26. The number of ether oxygens (including phenoxy) is 1. The van der Waals surface area contributed by atoms with Crippen molar-refractivity contribution in [1.29, 1.82) is 0 Å². The molecule has 8 heteroatoms. The van der Waals surface area contributed by atoms with Gasteiger partial charge in [-0.25, -0.2) is 0 Å². The van der Waals surface area contributed by atoms with Crippen molar-refractivity contribution in [3.05, 3.63) is 64.4 Å². The smallest absolute Gasteiger partial charge is 0.222 e. The van der Waals surface area contributed by atoms with E-state index in [1.54, 1.807) is 0 Å². The number of aromatic amines is 1. The normalized spacial score (nSPS) is 14.7. The van der Waals surface area contributed by atoms with Crippen LogP contribution in [0.1, 0.15) is 44.2 Å². The molecule has 0 saturated carbocycles. The third-order valence-electron chi connectivity index (χ3n) is 6.54. The van der Waals surface area contributed by atoms with Crippen molar-refractivity contribution in [1.82, 2.24) is 25.0 Å². The number of hydrogen-bond acceptors (Lipinski definition) is 5. The number of rotatable bonds is 10. The SMILES string of the molecule is CCOc1ccc(-c2n[nH]c(=S)n2CCC(=O)NCc2ccc(CN3CCC(C)CC3)cc2)cc1. The molecule has 0 unspecified atom stereocenters. The second-order valence-electron chi connectivity index (χ2n) is 9.26. The summed E-state index contributed by atoms with van der Waals surface area (Å²) in [6.07, 6.45) is 2.90. The van der Waals surface area contributed by atoms with E-state index in [-0.39, 0.29) is 5.91 Å². The molecule has 3 aromatic rings. The topological polar surface area (TPSA) is 75.2 Å². The average Bonchev–Trinajstić information content (AvgIpc) is 3.24. The number of nitrogens with one attached hydrogen (secondary N) is 2. The quantitative estimate of drug-likeness (QED) is 0.391. The number of carbonyl (C=O) groups excluding carboxylic acids is 1. The van der Waals surface area contributed by atoms with Crippen molar-refractivity contribution < 1.29 is 9.53 Å². The predicted molar refractivity (Wildman–Crippen MR) is 141 cm³/mol. The molecule has 4 rings (SSSR count). The van der Waals surface area contributed by atoms with E-state index < -0.39 is 0 Å². The highest BCUT2D eigenvalue weighted by Crippen LogP contribution is 2.22. The molecular formula is C27H35N5O2S. The lowest BCUT2D eigenvalue weighted by Gasteiger charge is -2.30. The number of H-pyrrole nitrogens is 1. The van der Waals surface area contributed by atoms with Gasteiger partial charge in [-0.3, -0.25) is 19.4 Å². The summed E-state index contributed by atoms with van der Waals surface area (Å²) in [7, 11) is 0. The van der Waals surface area contributed by atoms with Crippen LogP contribution in [0.3, 0.4) is 0 Å². The third-order valence-corrected chi connectivity index (χ3v) is 6.85. The fourth-order valence-electron chi connectivity index (χ4n) is 4.36. The zero-order valence-corrected chi connectivity index (χ0v) is 21.4. The number of benzene rings is 2. The Bertz CT molecular complexity index is 1150. The zero-order valence-electron chi connectivity index (χ0n) is 20.6. The minimum Gasteiger partial charge on any atom is -0.494 e. The molecule has 2 aromatic carbocycles. The van der Waals surface area contributed by atoms with Crippen molar-refractivity contribution in [2.75, 3.05) is 19.7 Å². The highest BCUT2D eigenvalue weighted by molar-refractivity contribution is 7.71. The highest BCUT2D eigenvalue weighted by Gasteiger charge is 2.15. The molecule has 0 bridgehead atoms. The first-order valence-electron chi connectivity index (χ1n) is 12.5. The van der Waals surface area contributed by atoms with E-state index >= 15 is 0 Å². The van der Waals surface area contributed by atoms with Crippen molar-refractivity contribution in [2.24, 2.45) is 5.92 Å².